The zero-order valence-electron chi connectivity index (χ0n) is 12.0. The molecule has 7 heteroatoms. The maximum absolute atomic E-state index is 12.2. The second-order valence-electron chi connectivity index (χ2n) is 5.15. The molecule has 0 radical (unpaired) electrons. The van der Waals surface area contributed by atoms with Gasteiger partial charge in [-0.15, -0.1) is 0 Å². The van der Waals surface area contributed by atoms with E-state index in [1.165, 1.54) is 0 Å². The van der Waals surface area contributed by atoms with Crippen LogP contribution < -0.4 is 10.6 Å². The number of sulfonamides is 1. The summed E-state index contributed by atoms with van der Waals surface area (Å²) in [7, 11) is -3.15. The molecule has 0 aromatic heterocycles. The fourth-order valence-electron chi connectivity index (χ4n) is 2.47. The summed E-state index contributed by atoms with van der Waals surface area (Å²) in [5, 5.41) is 0.705. The number of anilines is 1. The molecule has 1 heterocycles. The maximum Gasteiger partial charge on any atom is 0.214 e. The van der Waals surface area contributed by atoms with Gasteiger partial charge < -0.3 is 10.6 Å². The van der Waals surface area contributed by atoms with Gasteiger partial charge in [-0.25, -0.2) is 8.42 Å². The van der Waals surface area contributed by atoms with E-state index in [-0.39, 0.29) is 5.75 Å². The molecule has 0 saturated carbocycles. The van der Waals surface area contributed by atoms with Crippen LogP contribution in [-0.2, 0) is 10.0 Å². The summed E-state index contributed by atoms with van der Waals surface area (Å²) >= 11 is 6.18. The number of nitrogens with two attached hydrogens (primary N) is 1. The van der Waals surface area contributed by atoms with Crippen molar-refractivity contribution in [2.75, 3.05) is 43.4 Å². The third-order valence-electron chi connectivity index (χ3n) is 3.68. The Labute approximate surface area is 131 Å². The lowest BCUT2D eigenvalue weighted by Crippen LogP contribution is -2.49. The van der Waals surface area contributed by atoms with E-state index in [2.05, 4.69) is 4.90 Å². The van der Waals surface area contributed by atoms with Gasteiger partial charge in [0.05, 0.1) is 16.5 Å². The summed E-state index contributed by atoms with van der Waals surface area (Å²) in [6.07, 6.45) is 1.38. The van der Waals surface area contributed by atoms with Crippen LogP contribution in [0.25, 0.3) is 0 Å². The molecule has 118 valence electrons. The van der Waals surface area contributed by atoms with E-state index < -0.39 is 10.0 Å². The van der Waals surface area contributed by atoms with Crippen LogP contribution in [0.4, 0.5) is 5.69 Å². The van der Waals surface area contributed by atoms with Crippen molar-refractivity contribution in [2.24, 2.45) is 5.73 Å². The van der Waals surface area contributed by atoms with Gasteiger partial charge in [-0.05, 0) is 31.5 Å². The Balaban J connectivity index is 1.93. The molecule has 0 spiro atoms. The maximum atomic E-state index is 12.2. The summed E-state index contributed by atoms with van der Waals surface area (Å²) in [6.45, 7) is 2.89. The van der Waals surface area contributed by atoms with E-state index in [1.807, 2.05) is 24.3 Å². The quantitative estimate of drug-likeness (QED) is 0.803. The molecule has 0 atom stereocenters. The molecule has 1 aromatic carbocycles. The largest absolute Gasteiger partial charge is 0.368 e. The lowest BCUT2D eigenvalue weighted by Gasteiger charge is -2.35. The van der Waals surface area contributed by atoms with Gasteiger partial charge in [0, 0.05) is 26.2 Å². The van der Waals surface area contributed by atoms with Crippen LogP contribution in [0.15, 0.2) is 24.3 Å². The van der Waals surface area contributed by atoms with Gasteiger partial charge >= 0.3 is 0 Å². The van der Waals surface area contributed by atoms with Crippen molar-refractivity contribution < 1.29 is 8.42 Å². The predicted molar refractivity (Wildman–Crippen MR) is 87.3 cm³/mol. The lowest BCUT2D eigenvalue weighted by molar-refractivity contribution is 0.384. The Hall–Kier alpha value is -0.820. The normalized spacial score (nSPS) is 17.1. The summed E-state index contributed by atoms with van der Waals surface area (Å²) < 4.78 is 26.0. The molecule has 0 amide bonds. The smallest absolute Gasteiger partial charge is 0.214 e. The van der Waals surface area contributed by atoms with E-state index >= 15 is 0 Å². The van der Waals surface area contributed by atoms with Crippen LogP contribution in [0.5, 0.6) is 0 Å². The number of benzene rings is 1. The van der Waals surface area contributed by atoms with Crippen LogP contribution in [-0.4, -0.2) is 51.2 Å². The van der Waals surface area contributed by atoms with Crippen molar-refractivity contribution in [3.63, 3.8) is 0 Å². The van der Waals surface area contributed by atoms with Gasteiger partial charge in [0.25, 0.3) is 0 Å². The van der Waals surface area contributed by atoms with Crippen LogP contribution >= 0.6 is 11.6 Å². The molecule has 1 aliphatic rings. The first-order valence-electron chi connectivity index (χ1n) is 7.22. The van der Waals surface area contributed by atoms with Crippen molar-refractivity contribution in [3.05, 3.63) is 29.3 Å². The number of para-hydroxylation sites is 1. The van der Waals surface area contributed by atoms with E-state index in [0.717, 1.165) is 12.1 Å². The highest BCUT2D eigenvalue weighted by Gasteiger charge is 2.26. The minimum atomic E-state index is -3.15. The highest BCUT2D eigenvalue weighted by molar-refractivity contribution is 7.89. The Morgan fingerprint density at radius 2 is 1.76 bits per heavy atom. The van der Waals surface area contributed by atoms with Gasteiger partial charge in [-0.3, -0.25) is 0 Å². The van der Waals surface area contributed by atoms with Crippen molar-refractivity contribution in [1.82, 2.24) is 4.31 Å². The van der Waals surface area contributed by atoms with Crippen LogP contribution in [0.2, 0.25) is 5.02 Å². The zero-order chi connectivity index (χ0) is 15.3. The fraction of sp³-hybridized carbons (Fsp3) is 0.571. The Morgan fingerprint density at radius 3 is 2.38 bits per heavy atom. The number of halogens is 1. The van der Waals surface area contributed by atoms with Gasteiger partial charge in [0.2, 0.25) is 10.0 Å². The average molecular weight is 332 g/mol. The number of hydrogen-bond acceptors (Lipinski definition) is 4. The first kappa shape index (κ1) is 16.5. The van der Waals surface area contributed by atoms with Crippen LogP contribution in [0, 0.1) is 0 Å². The minimum Gasteiger partial charge on any atom is -0.368 e. The molecular formula is C14H22ClN3O2S. The monoisotopic (exact) mass is 331 g/mol. The van der Waals surface area contributed by atoms with Crippen molar-refractivity contribution in [2.45, 2.75) is 12.8 Å². The van der Waals surface area contributed by atoms with Gasteiger partial charge in [-0.1, -0.05) is 23.7 Å². The molecule has 1 aliphatic heterocycles. The topological polar surface area (TPSA) is 66.6 Å². The van der Waals surface area contributed by atoms with Gasteiger partial charge in [0.15, 0.2) is 0 Å². The van der Waals surface area contributed by atoms with E-state index in [1.54, 1.807) is 4.31 Å². The molecule has 5 nitrogen and oxygen atoms in total. The van der Waals surface area contributed by atoms with Crippen LogP contribution in [0.3, 0.4) is 0 Å². The highest BCUT2D eigenvalue weighted by Crippen LogP contribution is 2.26. The third kappa shape index (κ3) is 4.32. The lowest BCUT2D eigenvalue weighted by atomic mass is 10.2. The van der Waals surface area contributed by atoms with Crippen LogP contribution in [0.1, 0.15) is 12.8 Å². The second kappa shape index (κ2) is 7.45. The standard InChI is InChI=1S/C14H22ClN3O2S/c15-13-5-1-2-6-14(13)17-8-10-18(11-9-17)21(19,20)12-4-3-7-16/h1-2,5-6H,3-4,7-12,16H2. The number of unbranched alkanes of at least 4 members (excludes halogenated alkanes) is 1. The molecule has 1 saturated heterocycles. The van der Waals surface area contributed by atoms with E-state index in [4.69, 9.17) is 17.3 Å². The first-order chi connectivity index (χ1) is 10.0. The van der Waals surface area contributed by atoms with Crippen molar-refractivity contribution in [3.8, 4) is 0 Å². The molecule has 2 rings (SSSR count). The summed E-state index contributed by atoms with van der Waals surface area (Å²) in [5.41, 5.74) is 6.38. The predicted octanol–water partition coefficient (Wildman–Crippen LogP) is 1.53. The van der Waals surface area contributed by atoms with Gasteiger partial charge in [-0.2, -0.15) is 4.31 Å². The molecule has 0 bridgehead atoms. The van der Waals surface area contributed by atoms with E-state index in [9.17, 15) is 8.42 Å². The molecule has 1 aromatic rings. The SMILES string of the molecule is NCCCCS(=O)(=O)N1CCN(c2ccccc2Cl)CC1. The average Bonchev–Trinajstić information content (AvgIpc) is 2.48. The van der Waals surface area contributed by atoms with Gasteiger partial charge in [0.1, 0.15) is 0 Å². The number of hydrogen-bond donors (Lipinski definition) is 1. The number of rotatable bonds is 6. The fourth-order valence-corrected chi connectivity index (χ4v) is 4.28. The second-order valence-corrected chi connectivity index (χ2v) is 7.64. The Bertz CT molecular complexity index is 557. The molecule has 0 unspecified atom stereocenters. The first-order valence-corrected chi connectivity index (χ1v) is 9.20. The minimum absolute atomic E-state index is 0.191. The molecule has 1 fully saturated rings. The molecular weight excluding hydrogens is 310 g/mol. The number of nitrogens with zero attached hydrogens (tertiary/aromatic N) is 2. The Morgan fingerprint density at radius 1 is 1.10 bits per heavy atom. The van der Waals surface area contributed by atoms with Crippen molar-refractivity contribution >= 4 is 27.3 Å². The zero-order valence-corrected chi connectivity index (χ0v) is 13.6. The third-order valence-corrected chi connectivity index (χ3v) is 5.96. The summed E-state index contributed by atoms with van der Waals surface area (Å²) in [6, 6.07) is 7.65. The highest BCUT2D eigenvalue weighted by atomic mass is 35.5. The molecule has 0 aliphatic carbocycles. The molecule has 21 heavy (non-hydrogen) atoms. The van der Waals surface area contributed by atoms with Crippen molar-refractivity contribution in [1.29, 1.82) is 0 Å². The summed E-state index contributed by atoms with van der Waals surface area (Å²) in [5.74, 6) is 0.191. The molecule has 2 N–H and O–H groups in total. The number of piperazine rings is 1. The van der Waals surface area contributed by atoms with E-state index in [0.29, 0.717) is 44.2 Å². The Kier molecular flexibility index (Phi) is 5.87. The summed E-state index contributed by atoms with van der Waals surface area (Å²) in [4.78, 5) is 2.13.